The summed E-state index contributed by atoms with van der Waals surface area (Å²) in [4.78, 5) is 16.4. The summed E-state index contributed by atoms with van der Waals surface area (Å²) in [5.74, 6) is 1.27. The van der Waals surface area contributed by atoms with Gasteiger partial charge in [-0.05, 0) is 18.1 Å². The fraction of sp³-hybridized carbons (Fsp3) is 0.200. The summed E-state index contributed by atoms with van der Waals surface area (Å²) in [6, 6.07) is 17.7. The Labute approximate surface area is 141 Å². The molecule has 0 atom stereocenters. The molecule has 24 heavy (non-hydrogen) atoms. The van der Waals surface area contributed by atoms with Gasteiger partial charge >= 0.3 is 0 Å². The first-order valence-electron chi connectivity index (χ1n) is 8.14. The van der Waals surface area contributed by atoms with E-state index >= 15 is 0 Å². The predicted octanol–water partition coefficient (Wildman–Crippen LogP) is 4.48. The molecule has 0 radical (unpaired) electrons. The van der Waals surface area contributed by atoms with Crippen LogP contribution in [0.15, 0.2) is 65.2 Å². The topological polar surface area (TPSA) is 55.1 Å². The van der Waals surface area contributed by atoms with Crippen molar-refractivity contribution in [3.8, 4) is 11.3 Å². The number of hydrogen-bond acceptors (Lipinski definition) is 3. The lowest BCUT2D eigenvalue weighted by Gasteiger charge is -2.08. The smallest absolute Gasteiger partial charge is 0.224 e. The third-order valence-electron chi connectivity index (χ3n) is 3.85. The molecule has 0 aliphatic rings. The Kier molecular flexibility index (Phi) is 5.06. The maximum absolute atomic E-state index is 12.2. The van der Waals surface area contributed by atoms with Crippen molar-refractivity contribution in [2.75, 3.05) is 5.32 Å². The van der Waals surface area contributed by atoms with Crippen LogP contribution >= 0.6 is 0 Å². The van der Waals surface area contributed by atoms with E-state index in [-0.39, 0.29) is 5.91 Å². The zero-order valence-corrected chi connectivity index (χ0v) is 13.7. The first kappa shape index (κ1) is 16.0. The van der Waals surface area contributed by atoms with E-state index in [1.807, 2.05) is 54.6 Å². The molecule has 0 fully saturated rings. The monoisotopic (exact) mass is 320 g/mol. The summed E-state index contributed by atoms with van der Waals surface area (Å²) >= 11 is 0. The van der Waals surface area contributed by atoms with E-state index in [9.17, 15) is 4.79 Å². The fourth-order valence-electron chi connectivity index (χ4n) is 2.55. The van der Waals surface area contributed by atoms with E-state index in [1.54, 1.807) is 6.20 Å². The van der Waals surface area contributed by atoms with Gasteiger partial charge in [-0.2, -0.15) is 0 Å². The first-order valence-corrected chi connectivity index (χ1v) is 8.14. The number of carbonyl (C=O) groups excluding carboxylic acids is 1. The Morgan fingerprint density at radius 1 is 1.08 bits per heavy atom. The van der Waals surface area contributed by atoms with E-state index in [1.165, 1.54) is 0 Å². The van der Waals surface area contributed by atoms with Crippen molar-refractivity contribution < 1.29 is 9.21 Å². The lowest BCUT2D eigenvalue weighted by molar-refractivity contribution is -0.116. The predicted molar refractivity (Wildman–Crippen MR) is 94.7 cm³/mol. The zero-order valence-electron chi connectivity index (χ0n) is 13.7. The summed E-state index contributed by atoms with van der Waals surface area (Å²) in [6.07, 6.45) is 3.41. The normalized spacial score (nSPS) is 10.5. The third kappa shape index (κ3) is 3.90. The molecule has 0 aliphatic heterocycles. The van der Waals surface area contributed by atoms with Crippen LogP contribution in [0.2, 0.25) is 0 Å². The van der Waals surface area contributed by atoms with E-state index in [0.717, 1.165) is 29.0 Å². The minimum atomic E-state index is -0.0321. The number of para-hydroxylation sites is 1. The summed E-state index contributed by atoms with van der Waals surface area (Å²) in [5.41, 5.74) is 2.99. The van der Waals surface area contributed by atoms with Gasteiger partial charge in [-0.15, -0.1) is 0 Å². The second-order valence-electron chi connectivity index (χ2n) is 5.54. The molecule has 122 valence electrons. The molecule has 3 aromatic rings. The fourth-order valence-corrected chi connectivity index (χ4v) is 2.55. The van der Waals surface area contributed by atoms with Crippen LogP contribution in [0.5, 0.6) is 0 Å². The lowest BCUT2D eigenvalue weighted by atomic mass is 10.1. The molecule has 3 rings (SSSR count). The second-order valence-corrected chi connectivity index (χ2v) is 5.54. The number of aryl methyl sites for hydroxylation is 2. The van der Waals surface area contributed by atoms with Gasteiger partial charge in [0.05, 0.1) is 6.20 Å². The average Bonchev–Trinajstić information content (AvgIpc) is 3.10. The molecule has 0 bridgehead atoms. The summed E-state index contributed by atoms with van der Waals surface area (Å²) < 4.78 is 5.72. The Hall–Kier alpha value is -2.88. The van der Waals surface area contributed by atoms with Crippen molar-refractivity contribution in [3.05, 3.63) is 72.2 Å². The van der Waals surface area contributed by atoms with Crippen molar-refractivity contribution in [3.63, 3.8) is 0 Å². The molecular formula is C20H20N2O2. The molecular weight excluding hydrogens is 300 g/mol. The van der Waals surface area contributed by atoms with Crippen LogP contribution in [0.1, 0.15) is 24.8 Å². The molecule has 0 saturated carbocycles. The number of carbonyl (C=O) groups is 1. The highest BCUT2D eigenvalue weighted by atomic mass is 16.4. The number of nitrogens with one attached hydrogen (secondary N) is 1. The van der Waals surface area contributed by atoms with Crippen LogP contribution in [0.3, 0.4) is 0 Å². The molecule has 0 spiro atoms. The average molecular weight is 320 g/mol. The summed E-state index contributed by atoms with van der Waals surface area (Å²) in [5, 5.41) is 2.96. The van der Waals surface area contributed by atoms with Gasteiger partial charge in [-0.25, -0.2) is 4.98 Å². The molecule has 0 unspecified atom stereocenters. The van der Waals surface area contributed by atoms with E-state index in [4.69, 9.17) is 4.42 Å². The molecule has 1 aromatic heterocycles. The van der Waals surface area contributed by atoms with Gasteiger partial charge in [-0.3, -0.25) is 4.79 Å². The minimum absolute atomic E-state index is 0.0321. The van der Waals surface area contributed by atoms with Gasteiger partial charge in [0.2, 0.25) is 5.91 Å². The number of aromatic nitrogens is 1. The quantitative estimate of drug-likeness (QED) is 0.729. The Morgan fingerprint density at radius 2 is 1.83 bits per heavy atom. The number of amides is 1. The SMILES string of the molecule is CCc1ccccc1NC(=O)CCc1ncc(-c2ccccc2)o1. The summed E-state index contributed by atoms with van der Waals surface area (Å²) in [6.45, 7) is 2.07. The molecule has 2 aromatic carbocycles. The van der Waals surface area contributed by atoms with Crippen LogP contribution in [0, 0.1) is 0 Å². The minimum Gasteiger partial charge on any atom is -0.441 e. The van der Waals surface area contributed by atoms with Gasteiger partial charge in [0.15, 0.2) is 11.7 Å². The number of rotatable bonds is 6. The van der Waals surface area contributed by atoms with E-state index < -0.39 is 0 Å². The maximum Gasteiger partial charge on any atom is 0.224 e. The van der Waals surface area contributed by atoms with Crippen LogP contribution in [-0.2, 0) is 17.6 Å². The molecule has 4 heteroatoms. The third-order valence-corrected chi connectivity index (χ3v) is 3.85. The number of hydrogen-bond donors (Lipinski definition) is 1. The zero-order chi connectivity index (χ0) is 16.8. The van der Waals surface area contributed by atoms with Gasteiger partial charge in [0.25, 0.3) is 0 Å². The van der Waals surface area contributed by atoms with Crippen molar-refractivity contribution in [1.29, 1.82) is 0 Å². The largest absolute Gasteiger partial charge is 0.441 e. The van der Waals surface area contributed by atoms with Gasteiger partial charge in [0.1, 0.15) is 0 Å². The standard InChI is InChI=1S/C20H20N2O2/c1-2-15-8-6-7-11-17(15)22-19(23)12-13-20-21-14-18(24-20)16-9-4-3-5-10-16/h3-11,14H,2,12-13H2,1H3,(H,22,23). The Morgan fingerprint density at radius 3 is 2.62 bits per heavy atom. The number of benzene rings is 2. The maximum atomic E-state index is 12.2. The van der Waals surface area contributed by atoms with Crippen LogP contribution < -0.4 is 5.32 Å². The molecule has 1 heterocycles. The van der Waals surface area contributed by atoms with Crippen LogP contribution in [0.4, 0.5) is 5.69 Å². The molecule has 0 saturated heterocycles. The highest BCUT2D eigenvalue weighted by molar-refractivity contribution is 5.91. The Balaban J connectivity index is 1.58. The van der Waals surface area contributed by atoms with Crippen molar-refractivity contribution in [2.45, 2.75) is 26.2 Å². The van der Waals surface area contributed by atoms with Gasteiger partial charge in [0, 0.05) is 24.1 Å². The van der Waals surface area contributed by atoms with Crippen molar-refractivity contribution in [2.24, 2.45) is 0 Å². The van der Waals surface area contributed by atoms with Crippen molar-refractivity contribution in [1.82, 2.24) is 4.98 Å². The second kappa shape index (κ2) is 7.59. The lowest BCUT2D eigenvalue weighted by Crippen LogP contribution is -2.13. The first-order chi connectivity index (χ1) is 11.8. The molecule has 1 N–H and O–H groups in total. The number of anilines is 1. The number of nitrogens with zero attached hydrogens (tertiary/aromatic N) is 1. The molecule has 4 nitrogen and oxygen atoms in total. The van der Waals surface area contributed by atoms with E-state index in [0.29, 0.717) is 18.7 Å². The van der Waals surface area contributed by atoms with Crippen LogP contribution in [0.25, 0.3) is 11.3 Å². The molecule has 1 amide bonds. The Bertz CT molecular complexity index is 809. The molecule has 0 aliphatic carbocycles. The van der Waals surface area contributed by atoms with Crippen molar-refractivity contribution >= 4 is 11.6 Å². The summed E-state index contributed by atoms with van der Waals surface area (Å²) in [7, 11) is 0. The number of oxazole rings is 1. The highest BCUT2D eigenvalue weighted by Gasteiger charge is 2.10. The van der Waals surface area contributed by atoms with E-state index in [2.05, 4.69) is 17.2 Å². The van der Waals surface area contributed by atoms with Gasteiger partial charge in [-0.1, -0.05) is 55.5 Å². The van der Waals surface area contributed by atoms with Gasteiger partial charge < -0.3 is 9.73 Å². The highest BCUT2D eigenvalue weighted by Crippen LogP contribution is 2.20. The van der Waals surface area contributed by atoms with Crippen LogP contribution in [-0.4, -0.2) is 10.9 Å².